The first-order valence-electron chi connectivity index (χ1n) is 9.50. The van der Waals surface area contributed by atoms with Gasteiger partial charge in [-0.2, -0.15) is 0 Å². The Morgan fingerprint density at radius 1 is 1.20 bits per heavy atom. The number of fused-ring (bicyclic) bond motifs is 1. The highest BCUT2D eigenvalue weighted by molar-refractivity contribution is 5.74. The van der Waals surface area contributed by atoms with Crippen molar-refractivity contribution < 1.29 is 19.0 Å². The molecule has 0 aliphatic heterocycles. The summed E-state index contributed by atoms with van der Waals surface area (Å²) in [7, 11) is 0. The topological polar surface area (TPSA) is 64.7 Å². The minimum absolute atomic E-state index is 0.248. The number of hydrogen-bond donors (Lipinski definition) is 1. The van der Waals surface area contributed by atoms with E-state index in [1.54, 1.807) is 6.92 Å². The van der Waals surface area contributed by atoms with Crippen LogP contribution in [0.5, 0.6) is 5.75 Å². The number of rotatable bonds is 7. The molecule has 0 spiro atoms. The second kappa shape index (κ2) is 7.34. The van der Waals surface area contributed by atoms with Crippen LogP contribution in [0.4, 0.5) is 0 Å². The van der Waals surface area contributed by atoms with Gasteiger partial charge in [-0.1, -0.05) is 0 Å². The predicted molar refractivity (Wildman–Crippen MR) is 94.9 cm³/mol. The molecule has 1 atom stereocenters. The zero-order valence-corrected chi connectivity index (χ0v) is 14.8. The van der Waals surface area contributed by atoms with Crippen molar-refractivity contribution in [2.24, 2.45) is 5.92 Å². The third-order valence-corrected chi connectivity index (χ3v) is 5.16. The molecule has 4 rings (SSSR count). The standard InChI is InChI=1S/C20H27NO4/c1-13(22)11-23-16-6-4-15(5-7-16)20-21-18-9-8-17(10-19(18)25-20)24-12-14-2-3-14/h8-10,13-16,22H,2-7,11-12H2,1H3. The number of oxazole rings is 1. The molecule has 2 aliphatic rings. The van der Waals surface area contributed by atoms with E-state index < -0.39 is 6.10 Å². The fraction of sp³-hybridized carbons (Fsp3) is 0.650. The molecule has 1 unspecified atom stereocenters. The van der Waals surface area contributed by atoms with Crippen molar-refractivity contribution in [1.29, 1.82) is 0 Å². The molecule has 2 saturated carbocycles. The quantitative estimate of drug-likeness (QED) is 0.820. The summed E-state index contributed by atoms with van der Waals surface area (Å²) in [5, 5.41) is 9.33. The molecule has 2 fully saturated rings. The molecule has 5 heteroatoms. The molecule has 0 amide bonds. The minimum atomic E-state index is -0.397. The van der Waals surface area contributed by atoms with Crippen LogP contribution in [0.3, 0.4) is 0 Å². The predicted octanol–water partition coefficient (Wildman–Crippen LogP) is 4.04. The van der Waals surface area contributed by atoms with Crippen LogP contribution >= 0.6 is 0 Å². The summed E-state index contributed by atoms with van der Waals surface area (Å²) in [5.74, 6) is 2.81. The Bertz CT molecular complexity index is 699. The maximum Gasteiger partial charge on any atom is 0.198 e. The molecule has 136 valence electrons. The lowest BCUT2D eigenvalue weighted by Crippen LogP contribution is -2.24. The van der Waals surface area contributed by atoms with Crippen molar-refractivity contribution in [3.63, 3.8) is 0 Å². The van der Waals surface area contributed by atoms with Gasteiger partial charge in [0, 0.05) is 12.0 Å². The number of aliphatic hydroxyl groups excluding tert-OH is 1. The molecule has 1 aromatic heterocycles. The molecule has 2 aliphatic carbocycles. The number of ether oxygens (including phenoxy) is 2. The Labute approximate surface area is 148 Å². The molecule has 1 heterocycles. The Kier molecular flexibility index (Phi) is 4.95. The number of hydrogen-bond acceptors (Lipinski definition) is 5. The van der Waals surface area contributed by atoms with E-state index in [2.05, 4.69) is 4.98 Å². The summed E-state index contributed by atoms with van der Waals surface area (Å²) < 4.78 is 17.6. The third kappa shape index (κ3) is 4.33. The van der Waals surface area contributed by atoms with Crippen LogP contribution < -0.4 is 4.74 Å². The summed E-state index contributed by atoms with van der Waals surface area (Å²) >= 11 is 0. The SMILES string of the molecule is CC(O)COC1CCC(c2nc3ccc(OCC4CC4)cc3o2)CC1. The Balaban J connectivity index is 1.36. The molecule has 0 bridgehead atoms. The van der Waals surface area contributed by atoms with Gasteiger partial charge in [0.1, 0.15) is 11.3 Å². The van der Waals surface area contributed by atoms with Crippen LogP contribution in [0.25, 0.3) is 11.1 Å². The molecule has 5 nitrogen and oxygen atoms in total. The normalized spacial score (nSPS) is 25.2. The highest BCUT2D eigenvalue weighted by atomic mass is 16.5. The third-order valence-electron chi connectivity index (χ3n) is 5.16. The molecule has 1 N–H and O–H groups in total. The van der Waals surface area contributed by atoms with Gasteiger partial charge in [-0.15, -0.1) is 0 Å². The monoisotopic (exact) mass is 345 g/mol. The lowest BCUT2D eigenvalue weighted by molar-refractivity contribution is -0.0210. The smallest absolute Gasteiger partial charge is 0.198 e. The number of aliphatic hydroxyl groups is 1. The van der Waals surface area contributed by atoms with Crippen molar-refractivity contribution in [1.82, 2.24) is 4.98 Å². The van der Waals surface area contributed by atoms with E-state index in [4.69, 9.17) is 13.9 Å². The molecule has 0 saturated heterocycles. The van der Waals surface area contributed by atoms with Gasteiger partial charge < -0.3 is 19.0 Å². The van der Waals surface area contributed by atoms with E-state index in [0.29, 0.717) is 12.5 Å². The number of benzene rings is 1. The lowest BCUT2D eigenvalue weighted by Gasteiger charge is -2.27. The number of nitrogens with zero attached hydrogens (tertiary/aromatic N) is 1. The fourth-order valence-electron chi connectivity index (χ4n) is 3.44. The maximum absolute atomic E-state index is 9.33. The highest BCUT2D eigenvalue weighted by Crippen LogP contribution is 2.36. The first kappa shape index (κ1) is 16.9. The highest BCUT2D eigenvalue weighted by Gasteiger charge is 2.27. The van der Waals surface area contributed by atoms with Gasteiger partial charge in [0.25, 0.3) is 0 Å². The van der Waals surface area contributed by atoms with Gasteiger partial charge in [0.2, 0.25) is 0 Å². The van der Waals surface area contributed by atoms with Gasteiger partial charge in [-0.25, -0.2) is 4.98 Å². The van der Waals surface area contributed by atoms with E-state index in [0.717, 1.165) is 60.9 Å². The molecular formula is C20H27NO4. The lowest BCUT2D eigenvalue weighted by atomic mass is 9.87. The second-order valence-corrected chi connectivity index (χ2v) is 7.59. The zero-order valence-electron chi connectivity index (χ0n) is 14.8. The molecule has 1 aromatic carbocycles. The zero-order chi connectivity index (χ0) is 17.2. The molecule has 2 aromatic rings. The van der Waals surface area contributed by atoms with Gasteiger partial charge in [-0.05, 0) is 63.5 Å². The van der Waals surface area contributed by atoms with E-state index >= 15 is 0 Å². The van der Waals surface area contributed by atoms with Crippen molar-refractivity contribution in [3.05, 3.63) is 24.1 Å². The molecular weight excluding hydrogens is 318 g/mol. The van der Waals surface area contributed by atoms with Crippen molar-refractivity contribution in [2.45, 2.75) is 63.6 Å². The van der Waals surface area contributed by atoms with E-state index in [1.165, 1.54) is 12.8 Å². The van der Waals surface area contributed by atoms with Gasteiger partial charge >= 0.3 is 0 Å². The van der Waals surface area contributed by atoms with Crippen LogP contribution in [0.2, 0.25) is 0 Å². The maximum atomic E-state index is 9.33. The van der Waals surface area contributed by atoms with Gasteiger partial charge in [-0.3, -0.25) is 0 Å². The Hall–Kier alpha value is -1.59. The van der Waals surface area contributed by atoms with E-state index in [-0.39, 0.29) is 6.10 Å². The van der Waals surface area contributed by atoms with Crippen LogP contribution in [0.1, 0.15) is 57.3 Å². The first-order valence-corrected chi connectivity index (χ1v) is 9.50. The van der Waals surface area contributed by atoms with Crippen LogP contribution in [0.15, 0.2) is 22.6 Å². The van der Waals surface area contributed by atoms with Crippen molar-refractivity contribution in [3.8, 4) is 5.75 Å². The van der Waals surface area contributed by atoms with Crippen LogP contribution in [-0.2, 0) is 4.74 Å². The average Bonchev–Trinajstić information content (AvgIpc) is 3.35. The van der Waals surface area contributed by atoms with E-state index in [1.807, 2.05) is 18.2 Å². The van der Waals surface area contributed by atoms with Crippen LogP contribution in [0, 0.1) is 5.92 Å². The second-order valence-electron chi connectivity index (χ2n) is 7.59. The average molecular weight is 345 g/mol. The summed E-state index contributed by atoms with van der Waals surface area (Å²) in [6, 6.07) is 5.94. The van der Waals surface area contributed by atoms with Crippen molar-refractivity contribution in [2.75, 3.05) is 13.2 Å². The summed E-state index contributed by atoms with van der Waals surface area (Å²) in [5.41, 5.74) is 1.72. The summed E-state index contributed by atoms with van der Waals surface area (Å²) in [6.07, 6.45) is 6.45. The Morgan fingerprint density at radius 3 is 2.72 bits per heavy atom. The molecule has 0 radical (unpaired) electrons. The fourth-order valence-corrected chi connectivity index (χ4v) is 3.44. The first-order chi connectivity index (χ1) is 12.2. The Morgan fingerprint density at radius 2 is 2.00 bits per heavy atom. The van der Waals surface area contributed by atoms with Crippen molar-refractivity contribution >= 4 is 11.1 Å². The molecule has 25 heavy (non-hydrogen) atoms. The summed E-state index contributed by atoms with van der Waals surface area (Å²) in [6.45, 7) is 2.98. The number of aromatic nitrogens is 1. The minimum Gasteiger partial charge on any atom is -0.493 e. The largest absolute Gasteiger partial charge is 0.493 e. The van der Waals surface area contributed by atoms with Gasteiger partial charge in [0.15, 0.2) is 11.5 Å². The van der Waals surface area contributed by atoms with E-state index in [9.17, 15) is 5.11 Å². The van der Waals surface area contributed by atoms with Crippen LogP contribution in [-0.4, -0.2) is 35.5 Å². The summed E-state index contributed by atoms with van der Waals surface area (Å²) in [4.78, 5) is 4.68. The van der Waals surface area contributed by atoms with Gasteiger partial charge in [0.05, 0.1) is 25.4 Å².